The lowest BCUT2D eigenvalue weighted by atomic mass is 9.93. The average molecular weight is 628 g/mol. The molecule has 5 heteroatoms. The molecule has 9 aromatic rings. The van der Waals surface area contributed by atoms with Gasteiger partial charge in [0.2, 0.25) is 0 Å². The summed E-state index contributed by atoms with van der Waals surface area (Å²) in [7, 11) is 0. The first-order chi connectivity index (χ1) is 24.3. The normalized spacial score (nSPS) is 11.3. The minimum atomic E-state index is 0.615. The highest BCUT2D eigenvalue weighted by atomic mass is 15.3. The van der Waals surface area contributed by atoms with Crippen LogP contribution in [-0.4, -0.2) is 24.7 Å². The van der Waals surface area contributed by atoms with E-state index in [1.165, 1.54) is 0 Å². The van der Waals surface area contributed by atoms with Gasteiger partial charge in [-0.1, -0.05) is 152 Å². The van der Waals surface area contributed by atoms with Crippen molar-refractivity contribution < 1.29 is 0 Å². The molecule has 0 unspecified atom stereocenters. The molecule has 0 N–H and O–H groups in total. The fourth-order valence-corrected chi connectivity index (χ4v) is 6.51. The predicted molar refractivity (Wildman–Crippen MR) is 199 cm³/mol. The van der Waals surface area contributed by atoms with Gasteiger partial charge >= 0.3 is 0 Å². The van der Waals surface area contributed by atoms with Crippen LogP contribution in [0.15, 0.2) is 176 Å². The summed E-state index contributed by atoms with van der Waals surface area (Å²) in [4.78, 5) is 15.0. The second kappa shape index (κ2) is 12.1. The molecule has 230 valence electrons. The Hall–Kier alpha value is -6.72. The first-order valence-corrected chi connectivity index (χ1v) is 16.3. The first-order valence-electron chi connectivity index (χ1n) is 16.3. The SMILES string of the molecule is c1ccc(-c2nc(-c3ccccc3)nc(-c3ccc4cc(-c5ccccc5)c5c(-c6ccccc6)nn(-c6ccccc6)c5c4c3)n2)cc1. The van der Waals surface area contributed by atoms with E-state index in [0.717, 1.165) is 66.4 Å². The van der Waals surface area contributed by atoms with E-state index in [-0.39, 0.29) is 0 Å². The van der Waals surface area contributed by atoms with Gasteiger partial charge in [0.1, 0.15) is 5.69 Å². The molecule has 0 bridgehead atoms. The molecule has 0 spiro atoms. The van der Waals surface area contributed by atoms with Gasteiger partial charge in [-0.2, -0.15) is 5.10 Å². The van der Waals surface area contributed by atoms with E-state index in [1.54, 1.807) is 0 Å². The molecule has 2 aromatic heterocycles. The van der Waals surface area contributed by atoms with Crippen LogP contribution >= 0.6 is 0 Å². The Balaban J connectivity index is 1.36. The zero-order valence-electron chi connectivity index (χ0n) is 26.5. The van der Waals surface area contributed by atoms with Crippen LogP contribution in [0.4, 0.5) is 0 Å². The highest BCUT2D eigenvalue weighted by molar-refractivity contribution is 6.17. The van der Waals surface area contributed by atoms with E-state index < -0.39 is 0 Å². The van der Waals surface area contributed by atoms with Gasteiger partial charge in [-0.25, -0.2) is 19.6 Å². The van der Waals surface area contributed by atoms with E-state index in [4.69, 9.17) is 20.1 Å². The largest absolute Gasteiger partial charge is 0.232 e. The smallest absolute Gasteiger partial charge is 0.164 e. The molecule has 0 amide bonds. The molecule has 7 aromatic carbocycles. The third kappa shape index (κ3) is 5.24. The minimum Gasteiger partial charge on any atom is -0.232 e. The van der Waals surface area contributed by atoms with Gasteiger partial charge in [0.25, 0.3) is 0 Å². The maximum absolute atomic E-state index is 5.35. The molecule has 0 radical (unpaired) electrons. The summed E-state index contributed by atoms with van der Waals surface area (Å²) in [5, 5.41) is 8.61. The molecule has 0 aliphatic heterocycles. The van der Waals surface area contributed by atoms with E-state index in [1.807, 2.05) is 72.8 Å². The van der Waals surface area contributed by atoms with Crippen molar-refractivity contribution in [2.45, 2.75) is 0 Å². The van der Waals surface area contributed by atoms with Crippen LogP contribution in [0.3, 0.4) is 0 Å². The summed E-state index contributed by atoms with van der Waals surface area (Å²) in [6.45, 7) is 0. The summed E-state index contributed by atoms with van der Waals surface area (Å²) >= 11 is 0. The molecule has 9 rings (SSSR count). The number of benzene rings is 7. The van der Waals surface area contributed by atoms with Gasteiger partial charge in [-0.05, 0) is 40.8 Å². The lowest BCUT2D eigenvalue weighted by molar-refractivity contribution is 0.918. The third-order valence-corrected chi connectivity index (χ3v) is 8.85. The Morgan fingerprint density at radius 2 is 0.857 bits per heavy atom. The third-order valence-electron chi connectivity index (χ3n) is 8.85. The van der Waals surface area contributed by atoms with Crippen LogP contribution < -0.4 is 0 Å². The number of aromatic nitrogens is 5. The molecular formula is C44H29N5. The van der Waals surface area contributed by atoms with Crippen LogP contribution in [0.25, 0.3) is 83.9 Å². The fraction of sp³-hybridized carbons (Fsp3) is 0. The molecule has 0 fully saturated rings. The Labute approximate surface area is 283 Å². The van der Waals surface area contributed by atoms with Crippen LogP contribution in [0.2, 0.25) is 0 Å². The Bertz CT molecular complexity index is 2510. The molecule has 0 saturated heterocycles. The Morgan fingerprint density at radius 1 is 0.388 bits per heavy atom. The van der Waals surface area contributed by atoms with Crippen molar-refractivity contribution in [2.75, 3.05) is 0 Å². The maximum atomic E-state index is 5.35. The van der Waals surface area contributed by atoms with Gasteiger partial charge in [0.05, 0.1) is 11.2 Å². The Morgan fingerprint density at radius 3 is 1.41 bits per heavy atom. The molecule has 0 aliphatic carbocycles. The quantitative estimate of drug-likeness (QED) is 0.184. The highest BCUT2D eigenvalue weighted by Gasteiger charge is 2.22. The monoisotopic (exact) mass is 627 g/mol. The first kappa shape index (κ1) is 28.5. The van der Waals surface area contributed by atoms with Gasteiger partial charge in [-0.15, -0.1) is 0 Å². The summed E-state index contributed by atoms with van der Waals surface area (Å²) in [5.41, 5.74) is 9.07. The molecule has 0 saturated carbocycles. The summed E-state index contributed by atoms with van der Waals surface area (Å²) in [6.07, 6.45) is 0. The van der Waals surface area contributed by atoms with Crippen molar-refractivity contribution in [2.24, 2.45) is 0 Å². The van der Waals surface area contributed by atoms with Crippen LogP contribution in [-0.2, 0) is 0 Å². The number of para-hydroxylation sites is 1. The standard InChI is InChI=1S/C44H29N5/c1-6-16-30(17-7-1)37-28-34-26-27-35(44-46-42(32-20-10-3-11-21-32)45-43(47-44)33-22-12-4-13-23-33)29-38(34)41-39(37)40(31-18-8-2-9-19-31)48-49(41)36-24-14-5-15-25-36/h1-29H. The topological polar surface area (TPSA) is 56.5 Å². The molecule has 0 atom stereocenters. The van der Waals surface area contributed by atoms with Crippen molar-refractivity contribution in [3.05, 3.63) is 176 Å². The summed E-state index contributed by atoms with van der Waals surface area (Å²) < 4.78 is 2.09. The van der Waals surface area contributed by atoms with Crippen molar-refractivity contribution in [3.8, 4) is 62.2 Å². The van der Waals surface area contributed by atoms with Crippen molar-refractivity contribution in [1.82, 2.24) is 24.7 Å². The zero-order chi connectivity index (χ0) is 32.6. The van der Waals surface area contributed by atoms with E-state index in [0.29, 0.717) is 17.5 Å². The maximum Gasteiger partial charge on any atom is 0.164 e. The molecular weight excluding hydrogens is 599 g/mol. The van der Waals surface area contributed by atoms with Crippen molar-refractivity contribution in [3.63, 3.8) is 0 Å². The van der Waals surface area contributed by atoms with E-state index in [2.05, 4.69) is 108 Å². The molecule has 5 nitrogen and oxygen atoms in total. The zero-order valence-corrected chi connectivity index (χ0v) is 26.5. The van der Waals surface area contributed by atoms with E-state index >= 15 is 0 Å². The number of fused-ring (bicyclic) bond motifs is 3. The van der Waals surface area contributed by atoms with Gasteiger partial charge in [-0.3, -0.25) is 0 Å². The average Bonchev–Trinajstić information content (AvgIpc) is 3.60. The summed E-state index contributed by atoms with van der Waals surface area (Å²) in [6, 6.07) is 60.3. The van der Waals surface area contributed by atoms with Crippen LogP contribution in [0.5, 0.6) is 0 Å². The number of hydrogen-bond donors (Lipinski definition) is 0. The molecule has 49 heavy (non-hydrogen) atoms. The van der Waals surface area contributed by atoms with Crippen LogP contribution in [0.1, 0.15) is 0 Å². The molecule has 2 heterocycles. The second-order valence-electron chi connectivity index (χ2n) is 11.9. The summed E-state index contributed by atoms with van der Waals surface area (Å²) in [5.74, 6) is 1.88. The second-order valence-corrected chi connectivity index (χ2v) is 11.9. The Kier molecular flexibility index (Phi) is 7.06. The minimum absolute atomic E-state index is 0.615. The van der Waals surface area contributed by atoms with Gasteiger partial charge < -0.3 is 0 Å². The molecule has 0 aliphatic rings. The number of rotatable bonds is 6. The highest BCUT2D eigenvalue weighted by Crippen LogP contribution is 2.42. The number of hydrogen-bond acceptors (Lipinski definition) is 4. The predicted octanol–water partition coefficient (Wildman–Crippen LogP) is 10.7. The lowest BCUT2D eigenvalue weighted by Crippen LogP contribution is -2.00. The number of nitrogens with zero attached hydrogens (tertiary/aromatic N) is 5. The fourth-order valence-electron chi connectivity index (χ4n) is 6.51. The lowest BCUT2D eigenvalue weighted by Gasteiger charge is -2.13. The van der Waals surface area contributed by atoms with Crippen molar-refractivity contribution >= 4 is 21.7 Å². The van der Waals surface area contributed by atoms with Gasteiger partial charge in [0, 0.05) is 33.0 Å². The van der Waals surface area contributed by atoms with E-state index in [9.17, 15) is 0 Å². The van der Waals surface area contributed by atoms with Crippen LogP contribution in [0, 0.1) is 0 Å². The van der Waals surface area contributed by atoms with Gasteiger partial charge in [0.15, 0.2) is 17.5 Å². The van der Waals surface area contributed by atoms with Crippen molar-refractivity contribution in [1.29, 1.82) is 0 Å².